The number of benzene rings is 1. The molecule has 1 aromatic rings. The van der Waals surface area contributed by atoms with Crippen LogP contribution in [0.2, 0.25) is 0 Å². The van der Waals surface area contributed by atoms with Gasteiger partial charge in [0.1, 0.15) is 5.75 Å². The lowest BCUT2D eigenvalue weighted by molar-refractivity contribution is 0.237. The van der Waals surface area contributed by atoms with E-state index < -0.39 is 0 Å². The molecule has 0 aliphatic heterocycles. The van der Waals surface area contributed by atoms with Gasteiger partial charge in [-0.2, -0.15) is 0 Å². The lowest BCUT2D eigenvalue weighted by Gasteiger charge is -2.18. The molecule has 0 aromatic heterocycles. The van der Waals surface area contributed by atoms with E-state index in [0.29, 0.717) is 6.54 Å². The number of hydrogen-bond donors (Lipinski definition) is 2. The van der Waals surface area contributed by atoms with Crippen LogP contribution < -0.4 is 15.4 Å². The summed E-state index contributed by atoms with van der Waals surface area (Å²) in [6.07, 6.45) is 2.07. The molecule has 1 unspecified atom stereocenters. The Labute approximate surface area is 115 Å². The highest BCUT2D eigenvalue weighted by Crippen LogP contribution is 2.25. The Balaban J connectivity index is 2.64. The normalized spacial score (nSPS) is 11.8. The maximum Gasteiger partial charge on any atom is 0.315 e. The Hall–Kier alpha value is -1.71. The third-order valence-electron chi connectivity index (χ3n) is 3.02. The minimum Gasteiger partial charge on any atom is -0.496 e. The molecule has 1 atom stereocenters. The van der Waals surface area contributed by atoms with Crippen LogP contribution in [-0.4, -0.2) is 19.7 Å². The van der Waals surface area contributed by atoms with Gasteiger partial charge in [0, 0.05) is 12.1 Å². The first-order chi connectivity index (χ1) is 9.08. The molecule has 106 valence electrons. The maximum atomic E-state index is 11.7. The Bertz CT molecular complexity index is 419. The van der Waals surface area contributed by atoms with E-state index in [1.165, 1.54) is 0 Å². The average molecular weight is 264 g/mol. The minimum absolute atomic E-state index is 0.0866. The summed E-state index contributed by atoms with van der Waals surface area (Å²) in [7, 11) is 1.64. The van der Waals surface area contributed by atoms with Crippen molar-refractivity contribution in [3.05, 3.63) is 29.3 Å². The number of urea groups is 1. The van der Waals surface area contributed by atoms with Gasteiger partial charge in [-0.1, -0.05) is 31.0 Å². The number of nitrogens with one attached hydrogen (secondary N) is 2. The van der Waals surface area contributed by atoms with Crippen molar-refractivity contribution in [1.29, 1.82) is 0 Å². The van der Waals surface area contributed by atoms with Crippen LogP contribution in [-0.2, 0) is 0 Å². The molecular formula is C15H24N2O2. The van der Waals surface area contributed by atoms with Crippen molar-refractivity contribution in [2.24, 2.45) is 0 Å². The zero-order chi connectivity index (χ0) is 14.3. The van der Waals surface area contributed by atoms with E-state index in [9.17, 15) is 4.79 Å². The predicted octanol–water partition coefficient (Wildman–Crippen LogP) is 3.16. The predicted molar refractivity (Wildman–Crippen MR) is 77.6 cm³/mol. The zero-order valence-electron chi connectivity index (χ0n) is 12.2. The first-order valence-electron chi connectivity index (χ1n) is 6.77. The summed E-state index contributed by atoms with van der Waals surface area (Å²) < 4.78 is 5.33. The number of rotatable bonds is 6. The van der Waals surface area contributed by atoms with Gasteiger partial charge in [0.05, 0.1) is 13.2 Å². The third-order valence-corrected chi connectivity index (χ3v) is 3.02. The van der Waals surface area contributed by atoms with Crippen molar-refractivity contribution in [2.75, 3.05) is 13.7 Å². The SMILES string of the molecule is CCCCNC(=O)NC(C)c1cc(C)ccc1OC. The van der Waals surface area contributed by atoms with Gasteiger partial charge in [0.2, 0.25) is 0 Å². The van der Waals surface area contributed by atoms with Gasteiger partial charge < -0.3 is 15.4 Å². The quantitative estimate of drug-likeness (QED) is 0.775. The fourth-order valence-electron chi connectivity index (χ4n) is 1.90. The second-order valence-electron chi connectivity index (χ2n) is 4.72. The van der Waals surface area contributed by atoms with Crippen LogP contribution in [0.25, 0.3) is 0 Å². The van der Waals surface area contributed by atoms with Crippen molar-refractivity contribution in [1.82, 2.24) is 10.6 Å². The van der Waals surface area contributed by atoms with Gasteiger partial charge >= 0.3 is 6.03 Å². The molecule has 0 saturated carbocycles. The van der Waals surface area contributed by atoms with Crippen LogP contribution in [0, 0.1) is 6.92 Å². The highest BCUT2D eigenvalue weighted by Gasteiger charge is 2.13. The summed E-state index contributed by atoms with van der Waals surface area (Å²) in [5.41, 5.74) is 2.14. The Morgan fingerprint density at radius 3 is 2.79 bits per heavy atom. The van der Waals surface area contributed by atoms with Crippen LogP contribution in [0.1, 0.15) is 43.9 Å². The number of methoxy groups -OCH3 is 1. The van der Waals surface area contributed by atoms with Crippen molar-refractivity contribution in [3.8, 4) is 5.75 Å². The van der Waals surface area contributed by atoms with Gasteiger partial charge in [0.25, 0.3) is 0 Å². The maximum absolute atomic E-state index is 11.7. The summed E-state index contributed by atoms with van der Waals surface area (Å²) in [5, 5.41) is 5.77. The molecule has 1 aromatic carbocycles. The monoisotopic (exact) mass is 264 g/mol. The van der Waals surface area contributed by atoms with E-state index in [2.05, 4.69) is 17.6 Å². The molecule has 2 N–H and O–H groups in total. The summed E-state index contributed by atoms with van der Waals surface area (Å²) in [5.74, 6) is 0.798. The van der Waals surface area contributed by atoms with Gasteiger partial charge in [-0.25, -0.2) is 4.79 Å². The van der Waals surface area contributed by atoms with Crippen LogP contribution >= 0.6 is 0 Å². The van der Waals surface area contributed by atoms with Gasteiger partial charge in [-0.15, -0.1) is 0 Å². The molecule has 19 heavy (non-hydrogen) atoms. The third kappa shape index (κ3) is 4.81. The smallest absolute Gasteiger partial charge is 0.315 e. The first-order valence-corrected chi connectivity index (χ1v) is 6.77. The van der Waals surface area contributed by atoms with E-state index in [1.807, 2.05) is 32.0 Å². The van der Waals surface area contributed by atoms with Crippen LogP contribution in [0.3, 0.4) is 0 Å². The molecule has 0 aliphatic rings. The van der Waals surface area contributed by atoms with Crippen molar-refractivity contribution in [3.63, 3.8) is 0 Å². The highest BCUT2D eigenvalue weighted by molar-refractivity contribution is 5.74. The largest absolute Gasteiger partial charge is 0.496 e. The fraction of sp³-hybridized carbons (Fsp3) is 0.533. The zero-order valence-corrected chi connectivity index (χ0v) is 12.2. The van der Waals surface area contributed by atoms with Gasteiger partial charge in [-0.05, 0) is 26.3 Å². The van der Waals surface area contributed by atoms with Gasteiger partial charge in [-0.3, -0.25) is 0 Å². The molecular weight excluding hydrogens is 240 g/mol. The van der Waals surface area contributed by atoms with Crippen LogP contribution in [0.4, 0.5) is 4.79 Å². The molecule has 2 amide bonds. The molecule has 4 nitrogen and oxygen atoms in total. The highest BCUT2D eigenvalue weighted by atomic mass is 16.5. The molecule has 1 rings (SSSR count). The fourth-order valence-corrected chi connectivity index (χ4v) is 1.90. The molecule has 4 heteroatoms. The molecule has 0 spiro atoms. The van der Waals surface area contributed by atoms with Crippen molar-refractivity contribution >= 4 is 6.03 Å². The first kappa shape index (κ1) is 15.3. The number of carbonyl (C=O) groups excluding carboxylic acids is 1. The van der Waals surface area contributed by atoms with Crippen LogP contribution in [0.5, 0.6) is 5.75 Å². The Kier molecular flexibility index (Phi) is 6.19. The van der Waals surface area contributed by atoms with Crippen LogP contribution in [0.15, 0.2) is 18.2 Å². The standard InChI is InChI=1S/C15H24N2O2/c1-5-6-9-16-15(18)17-12(3)13-10-11(2)7-8-14(13)19-4/h7-8,10,12H,5-6,9H2,1-4H3,(H2,16,17,18). The summed E-state index contributed by atoms with van der Waals surface area (Å²) in [6.45, 7) is 6.79. The van der Waals surface area contributed by atoms with Crippen molar-refractivity contribution < 1.29 is 9.53 Å². The number of ether oxygens (including phenoxy) is 1. The number of aryl methyl sites for hydroxylation is 1. The second-order valence-corrected chi connectivity index (χ2v) is 4.72. The molecule has 0 aliphatic carbocycles. The van der Waals surface area contributed by atoms with E-state index >= 15 is 0 Å². The lowest BCUT2D eigenvalue weighted by Crippen LogP contribution is -2.37. The minimum atomic E-state index is -0.135. The number of amides is 2. The number of hydrogen-bond acceptors (Lipinski definition) is 2. The second kappa shape index (κ2) is 7.67. The average Bonchev–Trinajstić information content (AvgIpc) is 2.39. The number of carbonyl (C=O) groups is 1. The van der Waals surface area contributed by atoms with Crippen molar-refractivity contribution in [2.45, 2.75) is 39.7 Å². The summed E-state index contributed by atoms with van der Waals surface area (Å²) in [6, 6.07) is 5.74. The number of unbranched alkanes of at least 4 members (excludes halogenated alkanes) is 1. The molecule has 0 saturated heterocycles. The molecule has 0 bridgehead atoms. The Morgan fingerprint density at radius 2 is 2.16 bits per heavy atom. The molecule has 0 radical (unpaired) electrons. The molecule has 0 heterocycles. The van der Waals surface area contributed by atoms with E-state index in [1.54, 1.807) is 7.11 Å². The summed E-state index contributed by atoms with van der Waals surface area (Å²) in [4.78, 5) is 11.7. The molecule has 0 fully saturated rings. The summed E-state index contributed by atoms with van der Waals surface area (Å²) >= 11 is 0. The van der Waals surface area contributed by atoms with E-state index in [0.717, 1.165) is 29.7 Å². The van der Waals surface area contributed by atoms with E-state index in [-0.39, 0.29) is 12.1 Å². The van der Waals surface area contributed by atoms with E-state index in [4.69, 9.17) is 4.74 Å². The lowest BCUT2D eigenvalue weighted by atomic mass is 10.0. The van der Waals surface area contributed by atoms with Gasteiger partial charge in [0.15, 0.2) is 0 Å². The Morgan fingerprint density at radius 1 is 1.42 bits per heavy atom. The topological polar surface area (TPSA) is 50.4 Å².